The largest absolute Gasteiger partial charge is 0.397 e. The Morgan fingerprint density at radius 1 is 0.962 bits per heavy atom. The van der Waals surface area contributed by atoms with Gasteiger partial charge in [-0.15, -0.1) is 17.7 Å². The molecule has 0 bridgehead atoms. The van der Waals surface area contributed by atoms with Crippen molar-refractivity contribution in [3.05, 3.63) is 54.6 Å². The Bertz CT molecular complexity index is 1080. The van der Waals surface area contributed by atoms with E-state index in [1.54, 1.807) is 18.2 Å². The number of hydrogen-bond donors (Lipinski definition) is 3. The molecule has 0 amide bonds. The fraction of sp³-hybridized carbons (Fsp3) is 0.111. The molecule has 0 heterocycles. The highest BCUT2D eigenvalue weighted by Crippen LogP contribution is 2.35. The maximum absolute atomic E-state index is 11.9. The Kier molecular flexibility index (Phi) is 5.26. The number of nitrogens with zero attached hydrogens (tertiary/aromatic N) is 2. The number of aliphatic hydroxyl groups is 1. The molecule has 0 spiro atoms. The molecule has 3 N–H and O–H groups in total. The molecule has 8 heteroatoms. The number of anilines is 1. The van der Waals surface area contributed by atoms with Gasteiger partial charge in [0.25, 0.3) is 0 Å². The third-order valence-corrected chi connectivity index (χ3v) is 5.96. The molecule has 0 saturated heterocycles. The van der Waals surface area contributed by atoms with Crippen LogP contribution < -0.4 is 5.73 Å². The average molecular weight is 387 g/mol. The zero-order valence-electron chi connectivity index (χ0n) is 13.7. The summed E-state index contributed by atoms with van der Waals surface area (Å²) in [5.74, 6) is -0.313. The predicted octanol–water partition coefficient (Wildman–Crippen LogP) is 3.89. The number of benzene rings is 3. The molecule has 134 valence electrons. The van der Waals surface area contributed by atoms with Crippen molar-refractivity contribution in [3.8, 4) is 0 Å². The Labute approximate surface area is 156 Å². The van der Waals surface area contributed by atoms with E-state index in [1.165, 1.54) is 12.1 Å². The summed E-state index contributed by atoms with van der Waals surface area (Å²) in [5.41, 5.74) is 7.55. The van der Waals surface area contributed by atoms with Crippen molar-refractivity contribution >= 4 is 50.3 Å². The summed E-state index contributed by atoms with van der Waals surface area (Å²) < 4.78 is 23.8. The van der Waals surface area contributed by atoms with Crippen LogP contribution in [0.2, 0.25) is 0 Å². The van der Waals surface area contributed by atoms with Gasteiger partial charge in [0.15, 0.2) is 9.84 Å². The van der Waals surface area contributed by atoms with E-state index in [1.807, 2.05) is 24.3 Å². The van der Waals surface area contributed by atoms with Crippen molar-refractivity contribution in [1.29, 1.82) is 0 Å². The second kappa shape index (κ2) is 7.45. The lowest BCUT2D eigenvalue weighted by molar-refractivity contribution is 0.319. The molecule has 0 aliphatic heterocycles. The highest BCUT2D eigenvalue weighted by Gasteiger charge is 2.13. The lowest BCUT2D eigenvalue weighted by Gasteiger charge is -2.06. The maximum atomic E-state index is 11.9. The van der Waals surface area contributed by atoms with Gasteiger partial charge in [0.05, 0.1) is 28.6 Å². The van der Waals surface area contributed by atoms with Gasteiger partial charge in [-0.3, -0.25) is 0 Å². The molecular weight excluding hydrogens is 370 g/mol. The van der Waals surface area contributed by atoms with E-state index in [0.717, 1.165) is 15.7 Å². The Morgan fingerprint density at radius 2 is 1.69 bits per heavy atom. The van der Waals surface area contributed by atoms with Crippen molar-refractivity contribution in [2.45, 2.75) is 9.79 Å². The Morgan fingerprint density at radius 3 is 2.38 bits per heavy atom. The SMILES string of the molecule is Nc1ccc2c(S)cccc2c1/N=N/c1ccc(S(=O)(=O)CCO)cc1. The van der Waals surface area contributed by atoms with E-state index in [-0.39, 0.29) is 10.6 Å². The van der Waals surface area contributed by atoms with Crippen LogP contribution in [0.15, 0.2) is 74.6 Å². The summed E-state index contributed by atoms with van der Waals surface area (Å²) in [6.07, 6.45) is 0. The summed E-state index contributed by atoms with van der Waals surface area (Å²) >= 11 is 4.44. The second-order valence-corrected chi connectivity index (χ2v) is 8.20. The first kappa shape index (κ1) is 18.4. The molecule has 0 aliphatic rings. The number of nitrogen functional groups attached to an aromatic ring is 1. The molecule has 0 aromatic heterocycles. The molecule has 3 rings (SSSR count). The fourth-order valence-electron chi connectivity index (χ4n) is 2.52. The minimum absolute atomic E-state index is 0.134. The van der Waals surface area contributed by atoms with Crippen molar-refractivity contribution in [3.63, 3.8) is 0 Å². The number of fused-ring (bicyclic) bond motifs is 1. The molecular formula is C18H17N3O3S2. The molecule has 26 heavy (non-hydrogen) atoms. The number of sulfone groups is 1. The van der Waals surface area contributed by atoms with Crippen molar-refractivity contribution < 1.29 is 13.5 Å². The summed E-state index contributed by atoms with van der Waals surface area (Å²) in [6.45, 7) is -0.419. The molecule has 0 fully saturated rings. The first-order valence-electron chi connectivity index (χ1n) is 7.78. The number of rotatable bonds is 5. The van der Waals surface area contributed by atoms with Gasteiger partial charge in [0, 0.05) is 10.3 Å². The number of thiol groups is 1. The lowest BCUT2D eigenvalue weighted by atomic mass is 10.1. The van der Waals surface area contributed by atoms with Crippen LogP contribution in [-0.4, -0.2) is 25.9 Å². The number of hydrogen-bond acceptors (Lipinski definition) is 7. The van der Waals surface area contributed by atoms with Gasteiger partial charge in [0.2, 0.25) is 0 Å². The molecule has 6 nitrogen and oxygen atoms in total. The van der Waals surface area contributed by atoms with Crippen LogP contribution in [0.4, 0.5) is 17.1 Å². The molecule has 0 unspecified atom stereocenters. The quantitative estimate of drug-likeness (QED) is 0.351. The van der Waals surface area contributed by atoms with Crippen LogP contribution in [-0.2, 0) is 9.84 Å². The maximum Gasteiger partial charge on any atom is 0.180 e. The lowest BCUT2D eigenvalue weighted by Crippen LogP contribution is -2.09. The van der Waals surface area contributed by atoms with Gasteiger partial charge in [-0.05, 0) is 41.8 Å². The first-order chi connectivity index (χ1) is 12.4. The van der Waals surface area contributed by atoms with Gasteiger partial charge in [-0.2, -0.15) is 5.11 Å². The van der Waals surface area contributed by atoms with E-state index >= 15 is 0 Å². The van der Waals surface area contributed by atoms with Gasteiger partial charge in [-0.1, -0.05) is 18.2 Å². The molecule has 0 atom stereocenters. The van der Waals surface area contributed by atoms with Crippen LogP contribution in [0.3, 0.4) is 0 Å². The minimum Gasteiger partial charge on any atom is -0.397 e. The zero-order valence-corrected chi connectivity index (χ0v) is 15.4. The van der Waals surface area contributed by atoms with Crippen LogP contribution in [0.5, 0.6) is 0 Å². The molecule has 0 saturated carbocycles. The second-order valence-electron chi connectivity index (χ2n) is 5.61. The summed E-state index contributed by atoms with van der Waals surface area (Å²) in [7, 11) is -3.49. The highest BCUT2D eigenvalue weighted by atomic mass is 32.2. The number of aliphatic hydroxyl groups excluding tert-OH is 1. The Balaban J connectivity index is 1.95. The van der Waals surface area contributed by atoms with E-state index in [9.17, 15) is 8.42 Å². The van der Waals surface area contributed by atoms with Gasteiger partial charge < -0.3 is 10.8 Å². The molecule has 3 aromatic carbocycles. The van der Waals surface area contributed by atoms with Crippen LogP contribution >= 0.6 is 12.6 Å². The van der Waals surface area contributed by atoms with E-state index in [2.05, 4.69) is 22.9 Å². The highest BCUT2D eigenvalue weighted by molar-refractivity contribution is 7.91. The molecule has 0 radical (unpaired) electrons. The zero-order chi connectivity index (χ0) is 18.7. The summed E-state index contributed by atoms with van der Waals surface area (Å²) in [6, 6.07) is 15.3. The van der Waals surface area contributed by atoms with E-state index in [0.29, 0.717) is 17.1 Å². The van der Waals surface area contributed by atoms with Gasteiger partial charge in [0.1, 0.15) is 5.69 Å². The first-order valence-corrected chi connectivity index (χ1v) is 9.88. The third-order valence-electron chi connectivity index (χ3n) is 3.86. The summed E-state index contributed by atoms with van der Waals surface area (Å²) in [5, 5.41) is 19.0. The normalized spacial score (nSPS) is 12.1. The van der Waals surface area contributed by atoms with Crippen molar-refractivity contribution in [2.75, 3.05) is 18.1 Å². The van der Waals surface area contributed by atoms with Crippen LogP contribution in [0, 0.1) is 0 Å². The van der Waals surface area contributed by atoms with E-state index < -0.39 is 16.4 Å². The van der Waals surface area contributed by atoms with E-state index in [4.69, 9.17) is 10.8 Å². The van der Waals surface area contributed by atoms with Gasteiger partial charge in [-0.25, -0.2) is 8.42 Å². The van der Waals surface area contributed by atoms with Crippen molar-refractivity contribution in [2.24, 2.45) is 10.2 Å². The summed E-state index contributed by atoms with van der Waals surface area (Å²) in [4.78, 5) is 0.951. The number of nitrogens with two attached hydrogens (primary N) is 1. The Hall–Kier alpha value is -2.42. The topological polar surface area (TPSA) is 105 Å². The minimum atomic E-state index is -3.49. The average Bonchev–Trinajstić information content (AvgIpc) is 2.61. The van der Waals surface area contributed by atoms with Crippen molar-refractivity contribution in [1.82, 2.24) is 0 Å². The predicted molar refractivity (Wildman–Crippen MR) is 105 cm³/mol. The molecule has 0 aliphatic carbocycles. The van der Waals surface area contributed by atoms with Crippen LogP contribution in [0.1, 0.15) is 0 Å². The fourth-order valence-corrected chi connectivity index (χ4v) is 3.83. The van der Waals surface area contributed by atoms with Crippen LogP contribution in [0.25, 0.3) is 10.8 Å². The third kappa shape index (κ3) is 3.72. The number of azo groups is 1. The molecule has 3 aromatic rings. The monoisotopic (exact) mass is 387 g/mol. The standard InChI is InChI=1S/C18H17N3O3S2/c19-16-9-8-14-15(2-1-3-17(14)25)18(16)21-20-12-4-6-13(7-5-12)26(23,24)11-10-22/h1-9,22,25H,10-11,19H2/b21-20+. The van der Waals surface area contributed by atoms with Gasteiger partial charge >= 0.3 is 0 Å². The smallest absolute Gasteiger partial charge is 0.180 e.